The van der Waals surface area contributed by atoms with Gasteiger partial charge in [0.2, 0.25) is 5.91 Å². The molecule has 1 aromatic rings. The van der Waals surface area contributed by atoms with E-state index < -0.39 is 30.6 Å². The van der Waals surface area contributed by atoms with Crippen LogP contribution >= 0.6 is 0 Å². The fourth-order valence-electron chi connectivity index (χ4n) is 1.24. The fraction of sp³-hybridized carbons (Fsp3) is 0.500. The highest BCUT2D eigenvalue weighted by Crippen LogP contribution is 2.03. The maximum Gasteiger partial charge on any atom is 0.330 e. The highest BCUT2D eigenvalue weighted by molar-refractivity contribution is 5.86. The molecule has 7 heteroatoms. The van der Waals surface area contributed by atoms with Crippen LogP contribution in [-0.4, -0.2) is 46.5 Å². The van der Waals surface area contributed by atoms with Gasteiger partial charge in [-0.2, -0.15) is 5.10 Å². The van der Waals surface area contributed by atoms with E-state index in [1.165, 1.54) is 11.8 Å². The molecule has 0 aliphatic heterocycles. The molecule has 0 saturated carbocycles. The molecule has 1 aromatic heterocycles. The summed E-state index contributed by atoms with van der Waals surface area (Å²) in [5, 5.41) is 15.2. The summed E-state index contributed by atoms with van der Waals surface area (Å²) in [7, 11) is 1.19. The van der Waals surface area contributed by atoms with E-state index in [-0.39, 0.29) is 0 Å². The van der Waals surface area contributed by atoms with Crippen LogP contribution in [0.2, 0.25) is 0 Å². The monoisotopic (exact) mass is 241 g/mol. The Morgan fingerprint density at radius 1 is 1.59 bits per heavy atom. The molecule has 0 aliphatic rings. The minimum atomic E-state index is -1.05. The first-order chi connectivity index (χ1) is 8.10. The van der Waals surface area contributed by atoms with Crippen LogP contribution in [0.1, 0.15) is 13.0 Å². The summed E-state index contributed by atoms with van der Waals surface area (Å²) < 4.78 is 5.88. The number of carbonyl (C=O) groups is 2. The third-order valence-electron chi connectivity index (χ3n) is 2.29. The van der Waals surface area contributed by atoms with Crippen molar-refractivity contribution in [2.75, 3.05) is 13.7 Å². The standard InChI is InChI=1S/C10H15N3O4/c1-7(13-5-3-4-11-13)9(15)12-8(6-14)10(16)17-2/h3-5,7-8,14H,6H2,1-2H3,(H,12,15). The van der Waals surface area contributed by atoms with Crippen molar-refractivity contribution in [2.45, 2.75) is 19.0 Å². The lowest BCUT2D eigenvalue weighted by Gasteiger charge is -2.17. The number of nitrogens with one attached hydrogen (secondary N) is 1. The van der Waals surface area contributed by atoms with Crippen molar-refractivity contribution in [3.8, 4) is 0 Å². The van der Waals surface area contributed by atoms with Crippen molar-refractivity contribution in [1.29, 1.82) is 0 Å². The van der Waals surface area contributed by atoms with Gasteiger partial charge in [-0.05, 0) is 13.0 Å². The zero-order chi connectivity index (χ0) is 12.8. The van der Waals surface area contributed by atoms with Crippen LogP contribution in [0.4, 0.5) is 0 Å². The van der Waals surface area contributed by atoms with Crippen LogP contribution in [-0.2, 0) is 14.3 Å². The smallest absolute Gasteiger partial charge is 0.330 e. The second-order valence-electron chi connectivity index (χ2n) is 3.43. The molecular weight excluding hydrogens is 226 g/mol. The molecule has 17 heavy (non-hydrogen) atoms. The summed E-state index contributed by atoms with van der Waals surface area (Å²) in [5.74, 6) is -1.10. The minimum absolute atomic E-state index is 0.418. The number of ether oxygens (including phenoxy) is 1. The first-order valence-electron chi connectivity index (χ1n) is 5.08. The van der Waals surface area contributed by atoms with E-state index in [2.05, 4.69) is 15.2 Å². The molecule has 0 radical (unpaired) electrons. The Morgan fingerprint density at radius 3 is 2.76 bits per heavy atom. The van der Waals surface area contributed by atoms with Crippen molar-refractivity contribution in [3.05, 3.63) is 18.5 Å². The van der Waals surface area contributed by atoms with Crippen molar-refractivity contribution in [2.24, 2.45) is 0 Å². The second-order valence-corrected chi connectivity index (χ2v) is 3.43. The molecule has 0 aliphatic carbocycles. The molecule has 94 valence electrons. The van der Waals surface area contributed by atoms with Gasteiger partial charge in [0.1, 0.15) is 6.04 Å². The molecule has 0 saturated heterocycles. The summed E-state index contributed by atoms with van der Waals surface area (Å²) in [6.07, 6.45) is 3.18. The number of aromatic nitrogens is 2. The fourth-order valence-corrected chi connectivity index (χ4v) is 1.24. The molecule has 2 unspecified atom stereocenters. The predicted molar refractivity (Wildman–Crippen MR) is 58.0 cm³/mol. The number of hydrogen-bond donors (Lipinski definition) is 2. The summed E-state index contributed by atoms with van der Waals surface area (Å²) in [5.41, 5.74) is 0. The maximum absolute atomic E-state index is 11.7. The number of aliphatic hydroxyl groups is 1. The lowest BCUT2D eigenvalue weighted by molar-refractivity contribution is -0.146. The Labute approximate surface area is 98.4 Å². The average molecular weight is 241 g/mol. The second kappa shape index (κ2) is 6.00. The van der Waals surface area contributed by atoms with E-state index in [1.54, 1.807) is 25.4 Å². The first-order valence-corrected chi connectivity index (χ1v) is 5.08. The largest absolute Gasteiger partial charge is 0.467 e. The van der Waals surface area contributed by atoms with Crippen LogP contribution in [0.3, 0.4) is 0 Å². The third-order valence-corrected chi connectivity index (χ3v) is 2.29. The van der Waals surface area contributed by atoms with Gasteiger partial charge in [0, 0.05) is 12.4 Å². The van der Waals surface area contributed by atoms with Gasteiger partial charge in [0.05, 0.1) is 13.7 Å². The van der Waals surface area contributed by atoms with E-state index in [9.17, 15) is 9.59 Å². The molecule has 0 bridgehead atoms. The molecular formula is C10H15N3O4. The number of hydrogen-bond acceptors (Lipinski definition) is 5. The van der Waals surface area contributed by atoms with Gasteiger partial charge in [-0.3, -0.25) is 9.48 Å². The number of amides is 1. The minimum Gasteiger partial charge on any atom is -0.467 e. The Kier molecular flexibility index (Phi) is 4.65. The van der Waals surface area contributed by atoms with E-state index in [0.717, 1.165) is 0 Å². The van der Waals surface area contributed by atoms with Gasteiger partial charge >= 0.3 is 5.97 Å². The molecule has 2 N–H and O–H groups in total. The topological polar surface area (TPSA) is 93.5 Å². The van der Waals surface area contributed by atoms with Crippen LogP contribution in [0.5, 0.6) is 0 Å². The Bertz CT molecular complexity index is 377. The number of rotatable bonds is 5. The highest BCUT2D eigenvalue weighted by atomic mass is 16.5. The van der Waals surface area contributed by atoms with Crippen molar-refractivity contribution in [3.63, 3.8) is 0 Å². The Morgan fingerprint density at radius 2 is 2.29 bits per heavy atom. The number of carbonyl (C=O) groups excluding carboxylic acids is 2. The van der Waals surface area contributed by atoms with Crippen molar-refractivity contribution < 1.29 is 19.4 Å². The van der Waals surface area contributed by atoms with Crippen LogP contribution in [0.15, 0.2) is 18.5 Å². The third kappa shape index (κ3) is 3.28. The van der Waals surface area contributed by atoms with E-state index >= 15 is 0 Å². The zero-order valence-corrected chi connectivity index (χ0v) is 9.66. The van der Waals surface area contributed by atoms with Crippen molar-refractivity contribution >= 4 is 11.9 Å². The summed E-state index contributed by atoms with van der Waals surface area (Å²) >= 11 is 0. The number of nitrogens with zero attached hydrogens (tertiary/aromatic N) is 2. The van der Waals surface area contributed by atoms with Crippen LogP contribution in [0, 0.1) is 0 Å². The van der Waals surface area contributed by atoms with Gasteiger partial charge < -0.3 is 15.2 Å². The molecule has 0 spiro atoms. The summed E-state index contributed by atoms with van der Waals surface area (Å²) in [6, 6.07) is 0.0716. The van der Waals surface area contributed by atoms with Gasteiger partial charge in [0.15, 0.2) is 6.04 Å². The van der Waals surface area contributed by atoms with Crippen LogP contribution in [0.25, 0.3) is 0 Å². The van der Waals surface area contributed by atoms with Crippen LogP contribution < -0.4 is 5.32 Å². The lowest BCUT2D eigenvalue weighted by Crippen LogP contribution is -2.46. The number of methoxy groups -OCH3 is 1. The molecule has 1 amide bonds. The van der Waals surface area contributed by atoms with Gasteiger partial charge in [-0.15, -0.1) is 0 Å². The molecule has 0 aromatic carbocycles. The quantitative estimate of drug-likeness (QED) is 0.651. The Balaban J connectivity index is 2.62. The molecule has 2 atom stereocenters. The summed E-state index contributed by atoms with van der Waals surface area (Å²) in [4.78, 5) is 22.9. The van der Waals surface area contributed by atoms with Gasteiger partial charge in [-0.1, -0.05) is 0 Å². The first kappa shape index (κ1) is 13.2. The number of aliphatic hydroxyl groups excluding tert-OH is 1. The van der Waals surface area contributed by atoms with E-state index in [1.807, 2.05) is 0 Å². The zero-order valence-electron chi connectivity index (χ0n) is 9.66. The van der Waals surface area contributed by atoms with Crippen molar-refractivity contribution in [1.82, 2.24) is 15.1 Å². The van der Waals surface area contributed by atoms with E-state index in [4.69, 9.17) is 5.11 Å². The molecule has 1 rings (SSSR count). The SMILES string of the molecule is COC(=O)C(CO)NC(=O)C(C)n1cccn1. The molecule has 1 heterocycles. The van der Waals surface area contributed by atoms with E-state index in [0.29, 0.717) is 0 Å². The molecule has 7 nitrogen and oxygen atoms in total. The average Bonchev–Trinajstić information content (AvgIpc) is 2.87. The van der Waals surface area contributed by atoms with Gasteiger partial charge in [-0.25, -0.2) is 4.79 Å². The number of esters is 1. The predicted octanol–water partition coefficient (Wildman–Crippen LogP) is -0.906. The Hall–Kier alpha value is -1.89. The molecule has 0 fully saturated rings. The highest BCUT2D eigenvalue weighted by Gasteiger charge is 2.24. The normalized spacial score (nSPS) is 13.8. The summed E-state index contributed by atoms with van der Waals surface area (Å²) in [6.45, 7) is 1.12. The lowest BCUT2D eigenvalue weighted by atomic mass is 10.2. The maximum atomic E-state index is 11.7. The van der Waals surface area contributed by atoms with Gasteiger partial charge in [0.25, 0.3) is 0 Å².